The van der Waals surface area contributed by atoms with Crippen LogP contribution in [0.1, 0.15) is 45.6 Å². The van der Waals surface area contributed by atoms with Gasteiger partial charge >= 0.3 is 12.1 Å². The molecule has 7 heteroatoms. The summed E-state index contributed by atoms with van der Waals surface area (Å²) in [6, 6.07) is 4.55. The van der Waals surface area contributed by atoms with Gasteiger partial charge in [0.25, 0.3) is 0 Å². The zero-order valence-electron chi connectivity index (χ0n) is 15.7. The van der Waals surface area contributed by atoms with Gasteiger partial charge in [-0.25, -0.2) is 9.18 Å². The fourth-order valence-electron chi connectivity index (χ4n) is 3.30. The van der Waals surface area contributed by atoms with Crippen LogP contribution >= 0.6 is 0 Å². The van der Waals surface area contributed by atoms with Crippen LogP contribution in [0.15, 0.2) is 18.2 Å². The molecule has 1 aromatic carbocycles. The van der Waals surface area contributed by atoms with E-state index in [1.54, 1.807) is 31.7 Å². The van der Waals surface area contributed by atoms with Gasteiger partial charge in [-0.15, -0.1) is 0 Å². The molecule has 1 aliphatic rings. The number of ether oxygens (including phenoxy) is 2. The lowest BCUT2D eigenvalue weighted by Crippen LogP contribution is -2.47. The molecule has 0 radical (unpaired) electrons. The van der Waals surface area contributed by atoms with Crippen LogP contribution < -0.4 is 4.74 Å². The van der Waals surface area contributed by atoms with Crippen molar-refractivity contribution >= 4 is 12.1 Å². The molecule has 1 amide bonds. The highest BCUT2D eigenvalue weighted by Gasteiger charge is 2.40. The highest BCUT2D eigenvalue weighted by Crippen LogP contribution is 2.40. The Labute approximate surface area is 152 Å². The third kappa shape index (κ3) is 4.65. The molecule has 1 aromatic rings. The van der Waals surface area contributed by atoms with Crippen molar-refractivity contribution in [1.82, 2.24) is 4.90 Å². The Balaban J connectivity index is 2.21. The van der Waals surface area contributed by atoms with Crippen molar-refractivity contribution in [2.75, 3.05) is 20.2 Å². The number of aliphatic carboxylic acids is 1. The van der Waals surface area contributed by atoms with Gasteiger partial charge in [0, 0.05) is 18.5 Å². The number of carboxylic acid groups (broad SMARTS) is 1. The Morgan fingerprint density at radius 3 is 2.35 bits per heavy atom. The predicted molar refractivity (Wildman–Crippen MR) is 93.9 cm³/mol. The van der Waals surface area contributed by atoms with Gasteiger partial charge in [-0.2, -0.15) is 0 Å². The number of carbonyl (C=O) groups is 2. The van der Waals surface area contributed by atoms with E-state index in [0.717, 1.165) is 0 Å². The number of hydrogen-bond acceptors (Lipinski definition) is 4. The molecule has 6 nitrogen and oxygen atoms in total. The third-order valence-corrected chi connectivity index (χ3v) is 4.63. The number of halogens is 1. The number of benzene rings is 1. The molecule has 1 fully saturated rings. The van der Waals surface area contributed by atoms with E-state index in [9.17, 15) is 19.1 Å². The van der Waals surface area contributed by atoms with Gasteiger partial charge in [-0.05, 0) is 51.3 Å². The summed E-state index contributed by atoms with van der Waals surface area (Å²) in [6.45, 7) is 6.10. The minimum Gasteiger partial charge on any atom is -0.494 e. The van der Waals surface area contributed by atoms with E-state index < -0.39 is 28.9 Å². The molecule has 0 unspecified atom stereocenters. The van der Waals surface area contributed by atoms with Crippen LogP contribution in [0.2, 0.25) is 0 Å². The number of hydrogen-bond donors (Lipinski definition) is 1. The van der Waals surface area contributed by atoms with Crippen molar-refractivity contribution < 1.29 is 28.6 Å². The fraction of sp³-hybridized carbons (Fsp3) is 0.579. The number of methoxy groups -OCH3 is 1. The average molecular weight is 367 g/mol. The second-order valence-corrected chi connectivity index (χ2v) is 7.67. The first-order valence-corrected chi connectivity index (χ1v) is 8.60. The van der Waals surface area contributed by atoms with Crippen molar-refractivity contribution in [3.63, 3.8) is 0 Å². The number of piperidine rings is 1. The molecule has 0 aromatic heterocycles. The fourth-order valence-corrected chi connectivity index (χ4v) is 3.30. The van der Waals surface area contributed by atoms with Crippen LogP contribution in [-0.2, 0) is 14.9 Å². The average Bonchev–Trinajstić information content (AvgIpc) is 2.53. The summed E-state index contributed by atoms with van der Waals surface area (Å²) in [7, 11) is 1.38. The van der Waals surface area contributed by atoms with E-state index in [1.807, 2.05) is 0 Å². The number of carboxylic acids is 1. The summed E-state index contributed by atoms with van der Waals surface area (Å²) in [5, 5.41) is 9.37. The summed E-state index contributed by atoms with van der Waals surface area (Å²) >= 11 is 0. The van der Waals surface area contributed by atoms with Crippen LogP contribution in [0.3, 0.4) is 0 Å². The third-order valence-electron chi connectivity index (χ3n) is 4.63. The Kier molecular flexibility index (Phi) is 5.78. The molecule has 144 valence electrons. The number of likely N-dealkylation sites (tertiary alicyclic amines) is 1. The van der Waals surface area contributed by atoms with Gasteiger partial charge in [0.15, 0.2) is 11.6 Å². The first-order chi connectivity index (χ1) is 12.1. The van der Waals surface area contributed by atoms with E-state index in [2.05, 4.69) is 0 Å². The van der Waals surface area contributed by atoms with E-state index in [0.29, 0.717) is 31.5 Å². The first-order valence-electron chi connectivity index (χ1n) is 8.60. The summed E-state index contributed by atoms with van der Waals surface area (Å²) in [4.78, 5) is 25.2. The molecular weight excluding hydrogens is 341 g/mol. The normalized spacial score (nSPS) is 16.9. The minimum absolute atomic E-state index is 0.116. The molecule has 0 saturated carbocycles. The predicted octanol–water partition coefficient (Wildman–Crippen LogP) is 3.58. The maximum Gasteiger partial charge on any atom is 0.410 e. The molecule has 0 aliphatic carbocycles. The van der Waals surface area contributed by atoms with Gasteiger partial charge in [0.1, 0.15) is 5.60 Å². The summed E-state index contributed by atoms with van der Waals surface area (Å²) in [6.07, 6.45) is 0.303. The molecule has 2 rings (SSSR count). The second-order valence-electron chi connectivity index (χ2n) is 7.67. The molecule has 0 spiro atoms. The summed E-state index contributed by atoms with van der Waals surface area (Å²) in [5.74, 6) is -1.36. The van der Waals surface area contributed by atoms with Gasteiger partial charge in [0.05, 0.1) is 13.5 Å². The maximum atomic E-state index is 14.1. The van der Waals surface area contributed by atoms with Crippen molar-refractivity contribution in [1.29, 1.82) is 0 Å². The van der Waals surface area contributed by atoms with Crippen molar-refractivity contribution in [2.45, 2.75) is 51.0 Å². The Morgan fingerprint density at radius 2 is 1.88 bits per heavy atom. The lowest BCUT2D eigenvalue weighted by molar-refractivity contribution is -0.139. The summed E-state index contributed by atoms with van der Waals surface area (Å²) < 4.78 is 24.5. The van der Waals surface area contributed by atoms with Gasteiger partial charge in [-0.1, -0.05) is 6.07 Å². The quantitative estimate of drug-likeness (QED) is 0.880. The smallest absolute Gasteiger partial charge is 0.410 e. The van der Waals surface area contributed by atoms with Crippen LogP contribution in [0.25, 0.3) is 0 Å². The lowest BCUT2D eigenvalue weighted by Gasteiger charge is -2.41. The van der Waals surface area contributed by atoms with Crippen LogP contribution in [0, 0.1) is 5.82 Å². The Hall–Kier alpha value is -2.31. The first kappa shape index (κ1) is 20.0. The van der Waals surface area contributed by atoms with Crippen LogP contribution in [0.4, 0.5) is 9.18 Å². The molecule has 1 heterocycles. The Morgan fingerprint density at radius 1 is 1.27 bits per heavy atom. The second kappa shape index (κ2) is 7.51. The van der Waals surface area contributed by atoms with Crippen molar-refractivity contribution in [3.8, 4) is 5.75 Å². The molecule has 1 aliphatic heterocycles. The highest BCUT2D eigenvalue weighted by molar-refractivity contribution is 5.70. The molecule has 1 N–H and O–H groups in total. The highest BCUT2D eigenvalue weighted by atomic mass is 19.1. The van der Waals surface area contributed by atoms with Gasteiger partial charge in [-0.3, -0.25) is 4.79 Å². The molecule has 0 atom stereocenters. The van der Waals surface area contributed by atoms with Crippen molar-refractivity contribution in [2.24, 2.45) is 0 Å². The standard InChI is InChI=1S/C19H26FNO5/c1-18(2,3)26-17(24)21-9-7-19(8-10-21,12-16(22)23)13-5-6-15(25-4)14(20)11-13/h5-6,11H,7-10,12H2,1-4H3,(H,22,23). The monoisotopic (exact) mass is 367 g/mol. The van der Waals surface area contributed by atoms with Crippen LogP contribution in [0.5, 0.6) is 5.75 Å². The zero-order valence-corrected chi connectivity index (χ0v) is 15.7. The van der Waals surface area contributed by atoms with Crippen LogP contribution in [-0.4, -0.2) is 47.9 Å². The molecule has 1 saturated heterocycles. The number of carbonyl (C=O) groups excluding carboxylic acids is 1. The molecular formula is C19H26FNO5. The number of nitrogens with zero attached hydrogens (tertiary/aromatic N) is 1. The van der Waals surface area contributed by atoms with E-state index >= 15 is 0 Å². The van der Waals surface area contributed by atoms with Crippen molar-refractivity contribution in [3.05, 3.63) is 29.6 Å². The lowest BCUT2D eigenvalue weighted by atomic mass is 9.70. The largest absolute Gasteiger partial charge is 0.494 e. The maximum absolute atomic E-state index is 14.1. The SMILES string of the molecule is COc1ccc(C2(CC(=O)O)CCN(C(=O)OC(C)(C)C)CC2)cc1F. The van der Waals surface area contributed by atoms with E-state index in [1.165, 1.54) is 19.2 Å². The Bertz CT molecular complexity index is 675. The minimum atomic E-state index is -0.952. The topological polar surface area (TPSA) is 76.1 Å². The number of rotatable bonds is 4. The number of amides is 1. The van der Waals surface area contributed by atoms with Gasteiger partial charge in [0.2, 0.25) is 0 Å². The van der Waals surface area contributed by atoms with Gasteiger partial charge < -0.3 is 19.5 Å². The van der Waals surface area contributed by atoms with E-state index in [-0.39, 0.29) is 12.2 Å². The summed E-state index contributed by atoms with van der Waals surface area (Å²) in [5.41, 5.74) is -0.703. The zero-order chi connectivity index (χ0) is 19.5. The molecule has 26 heavy (non-hydrogen) atoms. The van der Waals surface area contributed by atoms with E-state index in [4.69, 9.17) is 9.47 Å². The molecule has 0 bridgehead atoms.